The number of carbonyl (C=O) groups excluding carboxylic acids is 4. The fourth-order valence-electron chi connectivity index (χ4n) is 5.54. The number of fused-ring (bicyclic) bond motifs is 1. The van der Waals surface area contributed by atoms with E-state index < -0.39 is 37.0 Å². The number of nitrogens with two attached hydrogens (primary N) is 1. The largest absolute Gasteiger partial charge is 0.465 e. The van der Waals surface area contributed by atoms with Crippen molar-refractivity contribution >= 4 is 42.6 Å². The summed E-state index contributed by atoms with van der Waals surface area (Å²) in [5, 5.41) is 6.28. The Bertz CT molecular complexity index is 1780. The maximum Gasteiger partial charge on any atom is 0.373 e. The zero-order chi connectivity index (χ0) is 37.9. The van der Waals surface area contributed by atoms with Crippen molar-refractivity contribution in [2.24, 2.45) is 0 Å². The molecule has 0 aliphatic rings. The van der Waals surface area contributed by atoms with Crippen LogP contribution in [-0.4, -0.2) is 93.6 Å². The minimum absolute atomic E-state index is 0.000986. The number of anilines is 1. The summed E-state index contributed by atoms with van der Waals surface area (Å²) in [7, 11) is -3.71. The third kappa shape index (κ3) is 13.0. The van der Waals surface area contributed by atoms with E-state index in [4.69, 9.17) is 24.8 Å². The van der Waals surface area contributed by atoms with Crippen molar-refractivity contribution in [2.45, 2.75) is 58.7 Å². The van der Waals surface area contributed by atoms with Crippen LogP contribution in [0.3, 0.4) is 0 Å². The van der Waals surface area contributed by atoms with Gasteiger partial charge in [-0.3, -0.25) is 23.9 Å². The molecule has 0 amide bonds. The van der Waals surface area contributed by atoms with E-state index in [1.54, 1.807) is 24.7 Å². The lowest BCUT2D eigenvalue weighted by atomic mass is 10.1. The molecule has 2 heterocycles. The van der Waals surface area contributed by atoms with Gasteiger partial charge in [0.2, 0.25) is 13.4 Å². The number of aromatic nitrogens is 4. The van der Waals surface area contributed by atoms with Crippen molar-refractivity contribution in [2.75, 3.05) is 44.7 Å². The number of hydrogen-bond donors (Lipinski definition) is 4. The lowest BCUT2D eigenvalue weighted by molar-refractivity contribution is -0.191. The molecule has 4 aromatic rings. The van der Waals surface area contributed by atoms with Crippen LogP contribution in [0.5, 0.6) is 0 Å². The zero-order valence-electron chi connectivity index (χ0n) is 29.7. The minimum Gasteiger partial charge on any atom is -0.465 e. The Morgan fingerprint density at radius 1 is 0.904 bits per heavy atom. The van der Waals surface area contributed by atoms with Crippen LogP contribution in [0, 0.1) is 0 Å². The van der Waals surface area contributed by atoms with E-state index in [1.807, 2.05) is 67.6 Å². The number of carbonyl (C=O) groups is 2. The first-order valence-corrected chi connectivity index (χ1v) is 18.9. The molecule has 0 saturated heterocycles. The van der Waals surface area contributed by atoms with Gasteiger partial charge in [-0.05, 0) is 50.8 Å². The summed E-state index contributed by atoms with van der Waals surface area (Å²) >= 11 is 0. The molecule has 0 saturated carbocycles. The number of aromatic amines is 1. The van der Waals surface area contributed by atoms with Crippen LogP contribution in [0.4, 0.5) is 5.95 Å². The Hall–Kier alpha value is -4.98. The van der Waals surface area contributed by atoms with Crippen LogP contribution in [0.25, 0.3) is 11.2 Å². The average Bonchev–Trinajstić information content (AvgIpc) is 3.53. The second-order valence-electron chi connectivity index (χ2n) is 11.7. The SMILES string of the molecule is CCCN(CCn1cnc2c(=O)[nH]c(N)nc21)CCP(=O)(N[C@@H](Cc1ccccc1)C(=O)OCC)N[C@@H](Cc1ccccc1)C(=O)OCC.O=C=O. The zero-order valence-corrected chi connectivity index (χ0v) is 30.6. The van der Waals surface area contributed by atoms with E-state index in [0.717, 1.165) is 17.5 Å². The van der Waals surface area contributed by atoms with Crippen molar-refractivity contribution in [3.8, 4) is 0 Å². The fourth-order valence-corrected chi connectivity index (χ4v) is 7.83. The molecule has 5 N–H and O–H groups in total. The second-order valence-corrected chi connectivity index (χ2v) is 14.1. The topological polar surface area (TPSA) is 221 Å². The summed E-state index contributed by atoms with van der Waals surface area (Å²) in [6.45, 7) is 7.79. The Balaban J connectivity index is 0.00000235. The van der Waals surface area contributed by atoms with Crippen LogP contribution in [0.2, 0.25) is 0 Å². The number of esters is 2. The monoisotopic (exact) mass is 738 g/mol. The lowest BCUT2D eigenvalue weighted by Gasteiger charge is -2.31. The van der Waals surface area contributed by atoms with Gasteiger partial charge >= 0.3 is 18.1 Å². The lowest BCUT2D eigenvalue weighted by Crippen LogP contribution is -2.47. The number of imidazole rings is 1. The molecule has 0 bridgehead atoms. The number of rotatable bonds is 20. The molecule has 280 valence electrons. The first-order valence-electron chi connectivity index (χ1n) is 17.0. The van der Waals surface area contributed by atoms with Crippen LogP contribution in [0.1, 0.15) is 38.3 Å². The Morgan fingerprint density at radius 3 is 1.90 bits per heavy atom. The molecule has 0 aliphatic carbocycles. The predicted molar refractivity (Wildman–Crippen MR) is 194 cm³/mol. The number of nitrogens with zero attached hydrogens (tertiary/aromatic N) is 4. The third-order valence-electron chi connectivity index (χ3n) is 7.86. The van der Waals surface area contributed by atoms with E-state index in [0.29, 0.717) is 31.8 Å². The summed E-state index contributed by atoms with van der Waals surface area (Å²) < 4.78 is 27.6. The number of nitrogen functional groups attached to an aromatic ring is 1. The average molecular weight is 739 g/mol. The van der Waals surface area contributed by atoms with E-state index in [9.17, 15) is 14.4 Å². The minimum atomic E-state index is -3.71. The molecule has 0 unspecified atom stereocenters. The number of ether oxygens (including phenoxy) is 2. The molecule has 16 nitrogen and oxygen atoms in total. The molecule has 52 heavy (non-hydrogen) atoms. The highest BCUT2D eigenvalue weighted by Gasteiger charge is 2.35. The molecule has 0 radical (unpaired) electrons. The maximum atomic E-state index is 15.1. The highest BCUT2D eigenvalue weighted by Crippen LogP contribution is 2.38. The Labute approximate surface area is 302 Å². The number of hydrogen-bond acceptors (Lipinski definition) is 12. The van der Waals surface area contributed by atoms with Gasteiger partial charge in [0.1, 0.15) is 12.1 Å². The number of H-pyrrole nitrogens is 1. The second kappa shape index (κ2) is 21.4. The van der Waals surface area contributed by atoms with Crippen LogP contribution in [0.15, 0.2) is 71.8 Å². The van der Waals surface area contributed by atoms with Gasteiger partial charge in [-0.2, -0.15) is 14.6 Å². The van der Waals surface area contributed by atoms with Crippen LogP contribution < -0.4 is 21.5 Å². The van der Waals surface area contributed by atoms with Crippen molar-refractivity contribution < 1.29 is 33.2 Å². The van der Waals surface area contributed by atoms with Gasteiger partial charge in [0.25, 0.3) is 5.56 Å². The molecule has 0 fully saturated rings. The summed E-state index contributed by atoms with van der Waals surface area (Å²) in [5.74, 6) is -1.08. The van der Waals surface area contributed by atoms with Crippen molar-refractivity contribution in [3.63, 3.8) is 0 Å². The van der Waals surface area contributed by atoms with Crippen LogP contribution >= 0.6 is 7.44 Å². The van der Waals surface area contributed by atoms with Gasteiger partial charge in [-0.25, -0.2) is 15.2 Å². The first kappa shape index (κ1) is 41.4. The van der Waals surface area contributed by atoms with Crippen LogP contribution in [-0.2, 0) is 52.6 Å². The standard InChI is InChI=1S/C34H47N8O6P.CO2/c1-4-17-41(18-19-42-24-36-29-30(42)37-34(35)38-31(29)43)20-21-49(46,39-27(32(44)47-5-2)22-25-13-9-7-10-14-25)40-28(33(45)48-6-3)23-26-15-11-8-12-16-26;2-1-3/h7-16,24,27-28H,4-6,17-23H2,1-3H3,(H2,39,40,46)(H3,35,37,38,43);/t27-,28-;/m0./s1. The molecular weight excluding hydrogens is 691 g/mol. The predicted octanol–water partition coefficient (Wildman–Crippen LogP) is 2.55. The van der Waals surface area contributed by atoms with Gasteiger partial charge in [-0.1, -0.05) is 67.6 Å². The molecule has 2 atom stereocenters. The van der Waals surface area contributed by atoms with Gasteiger partial charge in [0.05, 0.1) is 19.5 Å². The van der Waals surface area contributed by atoms with Gasteiger partial charge < -0.3 is 24.7 Å². The normalized spacial score (nSPS) is 12.4. The highest BCUT2D eigenvalue weighted by molar-refractivity contribution is 7.60. The molecule has 17 heteroatoms. The summed E-state index contributed by atoms with van der Waals surface area (Å²) in [4.78, 5) is 68.1. The quantitative estimate of drug-likeness (QED) is 0.0757. The Kier molecular flexibility index (Phi) is 17.1. The molecule has 4 rings (SSSR count). The Morgan fingerprint density at radius 2 is 1.42 bits per heavy atom. The van der Waals surface area contributed by atoms with Crippen molar-refractivity contribution in [3.05, 3.63) is 88.5 Å². The number of nitrogens with one attached hydrogen (secondary N) is 3. The molecule has 2 aromatic carbocycles. The molecule has 2 aromatic heterocycles. The maximum absolute atomic E-state index is 15.1. The van der Waals surface area contributed by atoms with Gasteiger partial charge in [0, 0.05) is 25.8 Å². The molecule has 0 spiro atoms. The third-order valence-corrected chi connectivity index (χ3v) is 10.1. The van der Waals surface area contributed by atoms with Gasteiger partial charge in [0.15, 0.2) is 11.2 Å². The van der Waals surface area contributed by atoms with Gasteiger partial charge in [-0.15, -0.1) is 0 Å². The van der Waals surface area contributed by atoms with E-state index in [1.165, 1.54) is 0 Å². The summed E-state index contributed by atoms with van der Waals surface area (Å²) in [6.07, 6.45) is 3.16. The van der Waals surface area contributed by atoms with E-state index in [-0.39, 0.29) is 49.8 Å². The van der Waals surface area contributed by atoms with Crippen molar-refractivity contribution in [1.82, 2.24) is 34.6 Å². The fraction of sp³-hybridized carbons (Fsp3) is 0.429. The highest BCUT2D eigenvalue weighted by atomic mass is 31.2. The number of benzene rings is 2. The summed E-state index contributed by atoms with van der Waals surface area (Å²) in [5.41, 5.74) is 7.66. The first-order chi connectivity index (χ1) is 25.1. The van der Waals surface area contributed by atoms with E-state index >= 15 is 4.57 Å². The molecule has 0 aliphatic heterocycles. The summed E-state index contributed by atoms with van der Waals surface area (Å²) in [6, 6.07) is 16.9. The van der Waals surface area contributed by atoms with Crippen molar-refractivity contribution in [1.29, 1.82) is 0 Å². The molecular formula is C35H47N8O8P. The smallest absolute Gasteiger partial charge is 0.373 e. The van der Waals surface area contributed by atoms with E-state index in [2.05, 4.69) is 30.0 Å².